The van der Waals surface area contributed by atoms with Crippen LogP contribution in [0.25, 0.3) is 0 Å². The molecule has 0 aliphatic carbocycles. The van der Waals surface area contributed by atoms with Gasteiger partial charge in [0.2, 0.25) is 0 Å². The zero-order chi connectivity index (χ0) is 26.0. The number of carbonyl (C=O) groups is 3. The van der Waals surface area contributed by atoms with Crippen LogP contribution >= 0.6 is 0 Å². The number of hydrogen-bond acceptors (Lipinski definition) is 11. The number of hydrogen-bond donors (Lipinski definition) is 2. The van der Waals surface area contributed by atoms with Crippen LogP contribution in [0, 0.1) is 31.6 Å². The summed E-state index contributed by atoms with van der Waals surface area (Å²) in [7, 11) is 0. The Morgan fingerprint density at radius 1 is 1.03 bits per heavy atom. The molecule has 0 fully saturated rings. The molecule has 1 unspecified atom stereocenters. The zero-order valence-electron chi connectivity index (χ0n) is 19.4. The second-order valence-electron chi connectivity index (χ2n) is 9.12. The lowest BCUT2D eigenvalue weighted by atomic mass is 9.74. The van der Waals surface area contributed by atoms with E-state index in [1.54, 1.807) is 41.5 Å². The van der Waals surface area contributed by atoms with Crippen molar-refractivity contribution in [1.82, 2.24) is 5.32 Å². The normalized spacial score (nSPS) is 14.2. The molecule has 190 valence electrons. The van der Waals surface area contributed by atoms with E-state index < -0.39 is 76.9 Å². The van der Waals surface area contributed by atoms with E-state index >= 15 is 0 Å². The van der Waals surface area contributed by atoms with Gasteiger partial charge in [0.05, 0.1) is 13.0 Å². The van der Waals surface area contributed by atoms with Crippen molar-refractivity contribution in [2.75, 3.05) is 13.2 Å². The van der Waals surface area contributed by atoms with Crippen molar-refractivity contribution in [3.63, 3.8) is 0 Å². The van der Waals surface area contributed by atoms with E-state index in [1.807, 2.05) is 0 Å². The first kappa shape index (κ1) is 29.6. The molecule has 0 rings (SSSR count). The number of aliphatic carboxylic acids is 1. The third-order valence-corrected chi connectivity index (χ3v) is 4.12. The highest BCUT2D eigenvalue weighted by Gasteiger charge is 2.41. The van der Waals surface area contributed by atoms with Crippen LogP contribution in [0.3, 0.4) is 0 Å². The molecule has 0 aliphatic heterocycles. The second kappa shape index (κ2) is 12.6. The Morgan fingerprint density at radius 2 is 1.61 bits per heavy atom. The first-order chi connectivity index (χ1) is 14.9. The van der Waals surface area contributed by atoms with Crippen LogP contribution in [-0.4, -0.2) is 64.3 Å². The predicted octanol–water partition coefficient (Wildman–Crippen LogP) is 1.74. The topological polar surface area (TPSA) is 207 Å². The Bertz CT molecular complexity index is 713. The van der Waals surface area contributed by atoms with E-state index in [0.717, 1.165) is 0 Å². The van der Waals surface area contributed by atoms with Crippen LogP contribution in [0.4, 0.5) is 4.79 Å². The van der Waals surface area contributed by atoms with Gasteiger partial charge in [0.25, 0.3) is 10.2 Å². The number of alkyl carbamates (subject to hydrolysis) is 1. The molecule has 2 N–H and O–H groups in total. The average Bonchev–Trinajstić information content (AvgIpc) is 2.59. The van der Waals surface area contributed by atoms with Crippen LogP contribution in [0.2, 0.25) is 0 Å². The molecular weight excluding hydrogens is 450 g/mol. The second-order valence-corrected chi connectivity index (χ2v) is 9.12. The molecule has 0 aromatic carbocycles. The third-order valence-electron chi connectivity index (χ3n) is 4.12. The first-order valence-electron chi connectivity index (χ1n) is 9.88. The first-order valence-corrected chi connectivity index (χ1v) is 9.88. The zero-order valence-corrected chi connectivity index (χ0v) is 19.4. The summed E-state index contributed by atoms with van der Waals surface area (Å²) < 4.78 is 10.2. The van der Waals surface area contributed by atoms with Gasteiger partial charge in [0.1, 0.15) is 24.4 Å². The van der Waals surface area contributed by atoms with E-state index in [4.69, 9.17) is 9.47 Å². The molecule has 0 bridgehead atoms. The maximum absolute atomic E-state index is 12.8. The van der Waals surface area contributed by atoms with E-state index in [-0.39, 0.29) is 6.42 Å². The molecule has 0 heterocycles. The number of ether oxygens (including phenoxy) is 2. The smallest absolute Gasteiger partial charge is 0.408 e. The molecule has 0 aromatic heterocycles. The largest absolute Gasteiger partial charge is 0.481 e. The van der Waals surface area contributed by atoms with Gasteiger partial charge in [-0.25, -0.2) is 9.59 Å². The summed E-state index contributed by atoms with van der Waals surface area (Å²) in [4.78, 5) is 65.6. The van der Waals surface area contributed by atoms with Crippen molar-refractivity contribution in [3.05, 3.63) is 20.2 Å². The van der Waals surface area contributed by atoms with Crippen molar-refractivity contribution in [1.29, 1.82) is 0 Å². The quantitative estimate of drug-likeness (QED) is 0.219. The minimum atomic E-state index is -1.43. The van der Waals surface area contributed by atoms with Gasteiger partial charge in [0, 0.05) is 12.3 Å². The number of nitrogens with one attached hydrogen (secondary N) is 1. The Kier molecular flexibility index (Phi) is 11.3. The minimum Gasteiger partial charge on any atom is -0.481 e. The number of amides is 1. The van der Waals surface area contributed by atoms with Crippen LogP contribution in [0.5, 0.6) is 0 Å². The predicted molar refractivity (Wildman–Crippen MR) is 109 cm³/mol. The van der Waals surface area contributed by atoms with Gasteiger partial charge in [-0.2, -0.15) is 0 Å². The fraction of sp³-hybridized carbons (Fsp3) is 0.833. The molecule has 15 nitrogen and oxygen atoms in total. The van der Waals surface area contributed by atoms with Gasteiger partial charge in [-0.3, -0.25) is 4.79 Å². The Labute approximate surface area is 189 Å². The lowest BCUT2D eigenvalue weighted by molar-refractivity contribution is -0.790. The van der Waals surface area contributed by atoms with Gasteiger partial charge in [-0.15, -0.1) is 20.2 Å². The monoisotopic (exact) mass is 481 g/mol. The molecule has 0 radical (unpaired) electrons. The summed E-state index contributed by atoms with van der Waals surface area (Å²) in [5, 5.41) is 30.1. The Morgan fingerprint density at radius 3 is 2.03 bits per heavy atom. The molecule has 3 atom stereocenters. The Hall–Kier alpha value is -3.39. The highest BCUT2D eigenvalue weighted by Crippen LogP contribution is 2.32. The molecule has 0 saturated heterocycles. The van der Waals surface area contributed by atoms with Crippen LogP contribution in [0.15, 0.2) is 0 Å². The van der Waals surface area contributed by atoms with Crippen molar-refractivity contribution >= 4 is 18.0 Å². The van der Waals surface area contributed by atoms with Gasteiger partial charge < -0.3 is 29.6 Å². The standard InChI is InChI=1S/C18H31N3O12/c1-17(2,3)12(9-13(22)23)14(19-16(25)32-18(4,5)6)15(24)30-8-7-11(33-21(28)29)10-31-20(26)27/h11-12,14H,7-10H2,1-6H3,(H,19,25)(H,22,23)/t11?,12-,14+/m1/s1. The van der Waals surface area contributed by atoms with Crippen LogP contribution in [-0.2, 0) is 28.7 Å². The maximum Gasteiger partial charge on any atom is 0.408 e. The molecular formula is C18H31N3O12. The lowest BCUT2D eigenvalue weighted by Crippen LogP contribution is -2.52. The highest BCUT2D eigenvalue weighted by molar-refractivity contribution is 5.82. The molecule has 15 heteroatoms. The SMILES string of the molecule is CC(C)(C)OC(=O)N[C@H](C(=O)OCCC(CO[N+](=O)[O-])O[N+](=O)[O-])[C@@H](CC(=O)O)C(C)(C)C. The van der Waals surface area contributed by atoms with Crippen molar-refractivity contribution in [2.24, 2.45) is 11.3 Å². The number of carbonyl (C=O) groups excluding carboxylic acids is 2. The summed E-state index contributed by atoms with van der Waals surface area (Å²) in [6.45, 7) is 8.54. The summed E-state index contributed by atoms with van der Waals surface area (Å²) in [5.74, 6) is -3.15. The van der Waals surface area contributed by atoms with Crippen molar-refractivity contribution in [3.8, 4) is 0 Å². The molecule has 0 saturated carbocycles. The summed E-state index contributed by atoms with van der Waals surface area (Å²) >= 11 is 0. The van der Waals surface area contributed by atoms with E-state index in [1.165, 1.54) is 0 Å². The summed E-state index contributed by atoms with van der Waals surface area (Å²) in [5.41, 5.74) is -1.67. The molecule has 0 aliphatic rings. The van der Waals surface area contributed by atoms with E-state index in [2.05, 4.69) is 15.0 Å². The lowest BCUT2D eigenvalue weighted by Gasteiger charge is -2.35. The summed E-state index contributed by atoms with van der Waals surface area (Å²) in [6, 6.07) is -1.43. The molecule has 0 spiro atoms. The molecule has 1 amide bonds. The number of rotatable bonds is 13. The van der Waals surface area contributed by atoms with Crippen molar-refractivity contribution in [2.45, 2.75) is 72.1 Å². The fourth-order valence-electron chi connectivity index (χ4n) is 2.68. The number of esters is 1. The van der Waals surface area contributed by atoms with E-state index in [0.29, 0.717) is 0 Å². The Balaban J connectivity index is 5.48. The molecule has 0 aromatic rings. The maximum atomic E-state index is 12.8. The van der Waals surface area contributed by atoms with Gasteiger partial charge in [0.15, 0.2) is 0 Å². The van der Waals surface area contributed by atoms with Crippen LogP contribution < -0.4 is 5.32 Å². The number of carboxylic acid groups (broad SMARTS) is 1. The van der Waals surface area contributed by atoms with E-state index in [9.17, 15) is 39.7 Å². The van der Waals surface area contributed by atoms with Gasteiger partial charge in [-0.1, -0.05) is 20.8 Å². The average molecular weight is 481 g/mol. The van der Waals surface area contributed by atoms with Gasteiger partial charge >= 0.3 is 18.0 Å². The highest BCUT2D eigenvalue weighted by atomic mass is 17.0. The number of carboxylic acids is 1. The fourth-order valence-corrected chi connectivity index (χ4v) is 2.68. The minimum absolute atomic E-state index is 0.348. The van der Waals surface area contributed by atoms with Gasteiger partial charge in [-0.05, 0) is 26.2 Å². The van der Waals surface area contributed by atoms with Crippen molar-refractivity contribution < 1.29 is 48.8 Å². The van der Waals surface area contributed by atoms with Crippen LogP contribution in [0.1, 0.15) is 54.4 Å². The molecule has 33 heavy (non-hydrogen) atoms. The summed E-state index contributed by atoms with van der Waals surface area (Å²) in [6.07, 6.45) is -3.22. The third kappa shape index (κ3) is 13.6. The number of nitrogens with zero attached hydrogens (tertiary/aromatic N) is 2.